The van der Waals surface area contributed by atoms with E-state index in [0.29, 0.717) is 6.54 Å². The molecule has 21 heavy (non-hydrogen) atoms. The van der Waals surface area contributed by atoms with E-state index >= 15 is 0 Å². The molecule has 116 valence electrons. The number of carbonyl (C=O) groups is 1. The van der Waals surface area contributed by atoms with Crippen molar-refractivity contribution in [3.63, 3.8) is 0 Å². The predicted octanol–water partition coefficient (Wildman–Crippen LogP) is 1.78. The number of hydrogen-bond donors (Lipinski definition) is 2. The lowest BCUT2D eigenvalue weighted by atomic mass is 10.6. The Morgan fingerprint density at radius 2 is 2.14 bits per heavy atom. The van der Waals surface area contributed by atoms with Gasteiger partial charge in [0.05, 0.1) is 12.6 Å². The van der Waals surface area contributed by atoms with Crippen molar-refractivity contribution in [1.82, 2.24) is 10.3 Å². The molecule has 0 aliphatic heterocycles. The summed E-state index contributed by atoms with van der Waals surface area (Å²) in [7, 11) is 0. The maximum atomic E-state index is 11.2. The first kappa shape index (κ1) is 19.4. The van der Waals surface area contributed by atoms with E-state index in [1.807, 2.05) is 6.92 Å². The normalized spacial score (nSPS) is 13.2. The van der Waals surface area contributed by atoms with Crippen molar-refractivity contribution >= 4 is 59.1 Å². The summed E-state index contributed by atoms with van der Waals surface area (Å²) in [6, 6.07) is 0. The molecule has 1 amide bonds. The van der Waals surface area contributed by atoms with Crippen molar-refractivity contribution in [2.45, 2.75) is 10.7 Å². The highest BCUT2D eigenvalue weighted by molar-refractivity contribution is 6.76. The number of rotatable bonds is 6. The van der Waals surface area contributed by atoms with E-state index in [2.05, 4.69) is 27.0 Å². The highest BCUT2D eigenvalue weighted by Crippen LogP contribution is 2.25. The number of hydrazone groups is 1. The van der Waals surface area contributed by atoms with Crippen LogP contribution in [-0.4, -0.2) is 39.6 Å². The van der Waals surface area contributed by atoms with Crippen LogP contribution in [0.5, 0.6) is 0 Å². The van der Waals surface area contributed by atoms with Gasteiger partial charge >= 0.3 is 0 Å². The SMILES string of the molecule is C=CN(CC)/N=C/C(=N/C=C/NC(=O)C(Cl)(Cl)Cl)/N=C/N. The zero-order chi connectivity index (χ0) is 16.3. The van der Waals surface area contributed by atoms with E-state index in [9.17, 15) is 4.79 Å². The molecule has 0 bridgehead atoms. The fraction of sp³-hybridized carbons (Fsp3) is 0.273. The van der Waals surface area contributed by atoms with Gasteiger partial charge < -0.3 is 11.1 Å². The molecular formula is C11H15Cl3N6O. The van der Waals surface area contributed by atoms with Crippen molar-refractivity contribution in [3.05, 3.63) is 25.2 Å². The summed E-state index contributed by atoms with van der Waals surface area (Å²) in [5, 5.41) is 7.83. The van der Waals surface area contributed by atoms with Crippen LogP contribution in [0.4, 0.5) is 0 Å². The number of carbonyl (C=O) groups excluding carboxylic acids is 1. The lowest BCUT2D eigenvalue weighted by molar-refractivity contribution is -0.119. The minimum atomic E-state index is -2.04. The van der Waals surface area contributed by atoms with Gasteiger partial charge in [0.15, 0.2) is 5.84 Å². The van der Waals surface area contributed by atoms with Crippen molar-refractivity contribution in [2.24, 2.45) is 20.8 Å². The molecule has 0 unspecified atom stereocenters. The Hall–Kier alpha value is -1.57. The number of amides is 1. The third-order valence-electron chi connectivity index (χ3n) is 1.82. The van der Waals surface area contributed by atoms with Gasteiger partial charge in [0, 0.05) is 25.1 Å². The lowest BCUT2D eigenvalue weighted by Gasteiger charge is -2.08. The Bertz CT molecular complexity index is 467. The van der Waals surface area contributed by atoms with Crippen molar-refractivity contribution < 1.29 is 4.79 Å². The molecule has 0 radical (unpaired) electrons. The maximum Gasteiger partial charge on any atom is 0.276 e. The Labute approximate surface area is 137 Å². The highest BCUT2D eigenvalue weighted by Gasteiger charge is 2.29. The smallest absolute Gasteiger partial charge is 0.276 e. The molecule has 0 aromatic carbocycles. The van der Waals surface area contributed by atoms with Crippen molar-refractivity contribution in [2.75, 3.05) is 6.54 Å². The van der Waals surface area contributed by atoms with E-state index in [-0.39, 0.29) is 5.84 Å². The average Bonchev–Trinajstić information content (AvgIpc) is 2.43. The molecule has 3 N–H and O–H groups in total. The lowest BCUT2D eigenvalue weighted by Crippen LogP contribution is -2.30. The van der Waals surface area contributed by atoms with E-state index in [0.717, 1.165) is 6.34 Å². The minimum absolute atomic E-state index is 0.206. The van der Waals surface area contributed by atoms with Gasteiger partial charge in [0.1, 0.15) is 0 Å². The molecule has 0 fully saturated rings. The summed E-state index contributed by atoms with van der Waals surface area (Å²) < 4.78 is -2.04. The molecule has 0 saturated heterocycles. The van der Waals surface area contributed by atoms with Gasteiger partial charge in [-0.1, -0.05) is 41.4 Å². The van der Waals surface area contributed by atoms with Crippen molar-refractivity contribution in [3.8, 4) is 0 Å². The number of nitrogens with two attached hydrogens (primary N) is 1. The van der Waals surface area contributed by atoms with Gasteiger partial charge in [-0.15, -0.1) is 0 Å². The molecule has 10 heteroatoms. The second-order valence-corrected chi connectivity index (χ2v) is 5.52. The van der Waals surface area contributed by atoms with Crippen LogP contribution in [0.15, 0.2) is 40.3 Å². The second kappa shape index (κ2) is 10.2. The average molecular weight is 354 g/mol. The van der Waals surface area contributed by atoms with Crippen molar-refractivity contribution in [1.29, 1.82) is 0 Å². The van der Waals surface area contributed by atoms with Gasteiger partial charge in [0.25, 0.3) is 9.70 Å². The first-order chi connectivity index (χ1) is 9.85. The first-order valence-corrected chi connectivity index (χ1v) is 6.76. The van der Waals surface area contributed by atoms with Crippen LogP contribution in [0.3, 0.4) is 0 Å². The predicted molar refractivity (Wildman–Crippen MR) is 88.8 cm³/mol. The van der Waals surface area contributed by atoms with Gasteiger partial charge in [0.2, 0.25) is 0 Å². The van der Waals surface area contributed by atoms with Crippen LogP contribution in [0.1, 0.15) is 6.92 Å². The number of nitrogens with one attached hydrogen (secondary N) is 1. The third-order valence-corrected chi connectivity index (χ3v) is 2.33. The number of hydrogen-bond acceptors (Lipinski definition) is 4. The summed E-state index contributed by atoms with van der Waals surface area (Å²) in [5.74, 6) is -0.600. The molecule has 0 aliphatic rings. The number of nitrogens with zero attached hydrogens (tertiary/aromatic N) is 4. The fourth-order valence-corrected chi connectivity index (χ4v) is 1.03. The monoisotopic (exact) mass is 352 g/mol. The quantitative estimate of drug-likeness (QED) is 0.330. The highest BCUT2D eigenvalue weighted by atomic mass is 35.6. The molecule has 0 aliphatic carbocycles. The Morgan fingerprint density at radius 1 is 1.48 bits per heavy atom. The number of halogens is 3. The van der Waals surface area contributed by atoms with Gasteiger partial charge in [-0.2, -0.15) is 5.10 Å². The molecule has 7 nitrogen and oxygen atoms in total. The zero-order valence-corrected chi connectivity index (χ0v) is 13.5. The van der Waals surface area contributed by atoms with Gasteiger partial charge in [-0.3, -0.25) is 9.80 Å². The summed E-state index contributed by atoms with van der Waals surface area (Å²) in [4.78, 5) is 18.9. The molecule has 0 spiro atoms. The van der Waals surface area contributed by atoms with Crippen LogP contribution in [-0.2, 0) is 4.79 Å². The molecular weight excluding hydrogens is 339 g/mol. The van der Waals surface area contributed by atoms with Gasteiger partial charge in [-0.25, -0.2) is 9.98 Å². The van der Waals surface area contributed by atoms with E-state index in [1.54, 1.807) is 5.01 Å². The number of amidine groups is 1. The molecule has 0 heterocycles. The summed E-state index contributed by atoms with van der Waals surface area (Å²) in [5.41, 5.74) is 5.20. The third kappa shape index (κ3) is 9.06. The summed E-state index contributed by atoms with van der Waals surface area (Å²) in [6.07, 6.45) is 6.40. The maximum absolute atomic E-state index is 11.2. The molecule has 0 aromatic heterocycles. The minimum Gasteiger partial charge on any atom is -0.390 e. The van der Waals surface area contributed by atoms with Crippen LogP contribution >= 0.6 is 34.8 Å². The fourth-order valence-electron chi connectivity index (χ4n) is 0.868. The zero-order valence-electron chi connectivity index (χ0n) is 11.2. The van der Waals surface area contributed by atoms with E-state index in [4.69, 9.17) is 40.5 Å². The Kier molecular flexibility index (Phi) is 9.44. The Balaban J connectivity index is 4.75. The summed E-state index contributed by atoms with van der Waals surface area (Å²) in [6.45, 7) is 6.11. The molecule has 0 saturated carbocycles. The van der Waals surface area contributed by atoms with Crippen LogP contribution in [0.25, 0.3) is 0 Å². The molecule has 0 aromatic rings. The largest absolute Gasteiger partial charge is 0.390 e. The van der Waals surface area contributed by atoms with Crippen LogP contribution in [0.2, 0.25) is 0 Å². The standard InChI is InChI=1S/C11H15Cl3N6O/c1-3-20(4-2)19-7-9(18-8-15)16-5-6-17-10(21)11(12,13)14/h3,5-8H,1,4H2,2H3,(H,17,21)(H2,15,16,18)/b6-5+,19-7+. The molecule has 0 rings (SSSR count). The topological polar surface area (TPSA) is 95.4 Å². The van der Waals surface area contributed by atoms with Crippen LogP contribution in [0, 0.1) is 0 Å². The summed E-state index contributed by atoms with van der Waals surface area (Å²) >= 11 is 16.1. The number of alkyl halides is 3. The molecule has 0 atom stereocenters. The number of aliphatic imine (C=N–C) groups is 2. The first-order valence-electron chi connectivity index (χ1n) is 5.63. The van der Waals surface area contributed by atoms with Crippen LogP contribution < -0.4 is 11.1 Å². The van der Waals surface area contributed by atoms with Gasteiger partial charge in [-0.05, 0) is 6.92 Å². The van der Waals surface area contributed by atoms with E-state index < -0.39 is 9.70 Å². The Morgan fingerprint density at radius 3 is 2.62 bits per heavy atom. The van der Waals surface area contributed by atoms with E-state index in [1.165, 1.54) is 24.8 Å². The second-order valence-electron chi connectivity index (χ2n) is 3.24.